The highest BCUT2D eigenvalue weighted by molar-refractivity contribution is 14.0. The minimum Gasteiger partial charge on any atom is -0.370 e. The molecule has 1 heterocycles. The van der Waals surface area contributed by atoms with Crippen molar-refractivity contribution in [2.45, 2.75) is 26.9 Å². The number of rotatable bonds is 5. The van der Waals surface area contributed by atoms with Crippen molar-refractivity contribution in [3.63, 3.8) is 0 Å². The summed E-state index contributed by atoms with van der Waals surface area (Å²) in [5, 5.41) is 3.15. The van der Waals surface area contributed by atoms with Crippen molar-refractivity contribution >= 4 is 35.6 Å². The van der Waals surface area contributed by atoms with Crippen LogP contribution in [0.2, 0.25) is 0 Å². The molecule has 136 valence electrons. The molecule has 0 saturated heterocycles. The molecule has 1 aromatic heterocycles. The van der Waals surface area contributed by atoms with Gasteiger partial charge in [0.1, 0.15) is 0 Å². The highest BCUT2D eigenvalue weighted by atomic mass is 127. The van der Waals surface area contributed by atoms with Crippen LogP contribution in [-0.2, 0) is 13.1 Å². The van der Waals surface area contributed by atoms with Gasteiger partial charge in [-0.2, -0.15) is 0 Å². The minimum atomic E-state index is 0. The van der Waals surface area contributed by atoms with Crippen LogP contribution in [0.5, 0.6) is 0 Å². The molecule has 26 heavy (non-hydrogen) atoms. The average molecular weight is 461 g/mol. The molecule has 2 aromatic carbocycles. The number of hydrogen-bond acceptors (Lipinski definition) is 2. The third kappa shape index (κ3) is 5.87. The second-order valence-electron chi connectivity index (χ2n) is 6.25. The van der Waals surface area contributed by atoms with Gasteiger partial charge < -0.3 is 15.6 Å². The third-order valence-corrected chi connectivity index (χ3v) is 3.87. The van der Waals surface area contributed by atoms with Gasteiger partial charge in [0.2, 0.25) is 0 Å². The SMILES string of the molecule is Cc1cc(C)cc(NC(N)=NCc2ccc(Cn3ccnc3)cc2)c1.I. The Balaban J connectivity index is 0.00000243. The van der Waals surface area contributed by atoms with Gasteiger partial charge in [-0.25, -0.2) is 9.98 Å². The molecule has 0 saturated carbocycles. The molecule has 3 aromatic rings. The maximum Gasteiger partial charge on any atom is 0.193 e. The van der Waals surface area contributed by atoms with Crippen LogP contribution in [0.4, 0.5) is 5.69 Å². The zero-order chi connectivity index (χ0) is 17.6. The van der Waals surface area contributed by atoms with Gasteiger partial charge in [-0.3, -0.25) is 0 Å². The average Bonchev–Trinajstić information content (AvgIpc) is 3.06. The number of nitrogens with zero attached hydrogens (tertiary/aromatic N) is 3. The van der Waals surface area contributed by atoms with E-state index in [-0.39, 0.29) is 24.0 Å². The van der Waals surface area contributed by atoms with Crippen molar-refractivity contribution in [2.75, 3.05) is 5.32 Å². The highest BCUT2D eigenvalue weighted by Gasteiger charge is 1.99. The Hall–Kier alpha value is -2.35. The van der Waals surface area contributed by atoms with Gasteiger partial charge in [0.25, 0.3) is 0 Å². The largest absolute Gasteiger partial charge is 0.370 e. The Kier molecular flexibility index (Phi) is 7.20. The zero-order valence-electron chi connectivity index (χ0n) is 15.0. The summed E-state index contributed by atoms with van der Waals surface area (Å²) in [5.74, 6) is 0.424. The van der Waals surface area contributed by atoms with Gasteiger partial charge in [0.15, 0.2) is 5.96 Å². The monoisotopic (exact) mass is 461 g/mol. The summed E-state index contributed by atoms with van der Waals surface area (Å²) in [6.45, 7) is 5.50. The van der Waals surface area contributed by atoms with Crippen molar-refractivity contribution in [3.8, 4) is 0 Å². The molecule has 0 amide bonds. The molecule has 0 radical (unpaired) electrons. The number of imidazole rings is 1. The van der Waals surface area contributed by atoms with Crippen LogP contribution in [-0.4, -0.2) is 15.5 Å². The molecule has 0 atom stereocenters. The summed E-state index contributed by atoms with van der Waals surface area (Å²) in [5.41, 5.74) is 11.7. The second kappa shape index (κ2) is 9.38. The number of aromatic nitrogens is 2. The van der Waals surface area contributed by atoms with Gasteiger partial charge in [0, 0.05) is 24.6 Å². The van der Waals surface area contributed by atoms with Crippen LogP contribution >= 0.6 is 24.0 Å². The normalized spacial score (nSPS) is 11.1. The topological polar surface area (TPSA) is 68.2 Å². The van der Waals surface area contributed by atoms with Crippen molar-refractivity contribution in [2.24, 2.45) is 10.7 Å². The van der Waals surface area contributed by atoms with Crippen LogP contribution in [0.1, 0.15) is 22.3 Å². The third-order valence-electron chi connectivity index (χ3n) is 3.87. The number of nitrogens with one attached hydrogen (secondary N) is 1. The van der Waals surface area contributed by atoms with Crippen LogP contribution in [0.15, 0.2) is 66.2 Å². The van der Waals surface area contributed by atoms with Crippen molar-refractivity contribution < 1.29 is 0 Å². The van der Waals surface area contributed by atoms with Crippen molar-refractivity contribution in [1.82, 2.24) is 9.55 Å². The number of anilines is 1. The predicted octanol–water partition coefficient (Wildman–Crippen LogP) is 4.09. The first-order valence-corrected chi connectivity index (χ1v) is 8.27. The lowest BCUT2D eigenvalue weighted by Crippen LogP contribution is -2.22. The van der Waals surface area contributed by atoms with E-state index in [9.17, 15) is 0 Å². The van der Waals surface area contributed by atoms with E-state index >= 15 is 0 Å². The molecule has 0 aliphatic rings. The molecule has 0 spiro atoms. The van der Waals surface area contributed by atoms with Gasteiger partial charge >= 0.3 is 0 Å². The van der Waals surface area contributed by atoms with E-state index in [1.54, 1.807) is 6.20 Å². The van der Waals surface area contributed by atoms with Crippen LogP contribution < -0.4 is 11.1 Å². The number of aliphatic imine (C=N–C) groups is 1. The first-order chi connectivity index (χ1) is 12.1. The predicted molar refractivity (Wildman–Crippen MR) is 118 cm³/mol. The zero-order valence-corrected chi connectivity index (χ0v) is 17.3. The smallest absolute Gasteiger partial charge is 0.193 e. The van der Waals surface area contributed by atoms with E-state index in [0.29, 0.717) is 12.5 Å². The lowest BCUT2D eigenvalue weighted by Gasteiger charge is -2.08. The summed E-state index contributed by atoms with van der Waals surface area (Å²) in [6.07, 6.45) is 5.56. The van der Waals surface area contributed by atoms with E-state index in [1.165, 1.54) is 16.7 Å². The Morgan fingerprint density at radius 2 is 1.73 bits per heavy atom. The molecule has 0 bridgehead atoms. The minimum absolute atomic E-state index is 0. The number of guanidine groups is 1. The number of aryl methyl sites for hydroxylation is 2. The Morgan fingerprint density at radius 1 is 1.08 bits per heavy atom. The number of nitrogens with two attached hydrogens (primary N) is 1. The lowest BCUT2D eigenvalue weighted by atomic mass is 10.1. The number of hydrogen-bond donors (Lipinski definition) is 2. The molecule has 0 fully saturated rings. The summed E-state index contributed by atoms with van der Waals surface area (Å²) in [7, 11) is 0. The summed E-state index contributed by atoms with van der Waals surface area (Å²) in [6, 6.07) is 14.6. The van der Waals surface area contributed by atoms with Crippen molar-refractivity contribution in [1.29, 1.82) is 0 Å². The van der Waals surface area contributed by atoms with E-state index < -0.39 is 0 Å². The fraction of sp³-hybridized carbons (Fsp3) is 0.200. The molecule has 0 aliphatic carbocycles. The molecule has 3 rings (SSSR count). The fourth-order valence-corrected chi connectivity index (χ4v) is 2.75. The fourth-order valence-electron chi connectivity index (χ4n) is 2.75. The number of halogens is 1. The molecule has 3 N–H and O–H groups in total. The van der Waals surface area contributed by atoms with E-state index in [0.717, 1.165) is 17.8 Å². The molecule has 5 nitrogen and oxygen atoms in total. The first-order valence-electron chi connectivity index (χ1n) is 8.27. The number of benzene rings is 2. The Morgan fingerprint density at radius 3 is 2.35 bits per heavy atom. The molecular formula is C20H24IN5. The quantitative estimate of drug-likeness (QED) is 0.342. The van der Waals surface area contributed by atoms with E-state index in [4.69, 9.17) is 5.73 Å². The second-order valence-corrected chi connectivity index (χ2v) is 6.25. The lowest BCUT2D eigenvalue weighted by molar-refractivity contribution is 0.796. The molecule has 6 heteroatoms. The van der Waals surface area contributed by atoms with E-state index in [2.05, 4.69) is 71.6 Å². The maximum atomic E-state index is 6.00. The van der Waals surface area contributed by atoms with Gasteiger partial charge in [-0.1, -0.05) is 30.3 Å². The van der Waals surface area contributed by atoms with Crippen LogP contribution in [0, 0.1) is 13.8 Å². The van der Waals surface area contributed by atoms with Gasteiger partial charge in [-0.05, 0) is 48.2 Å². The van der Waals surface area contributed by atoms with Gasteiger partial charge in [0.05, 0.1) is 12.9 Å². The Labute approximate surface area is 171 Å². The summed E-state index contributed by atoms with van der Waals surface area (Å²) in [4.78, 5) is 8.48. The first kappa shape index (κ1) is 20.0. The van der Waals surface area contributed by atoms with Crippen LogP contribution in [0.25, 0.3) is 0 Å². The standard InChI is InChI=1S/C20H23N5.HI/c1-15-9-16(2)11-19(10-15)24-20(21)23-12-17-3-5-18(6-4-17)13-25-8-7-22-14-25;/h3-11,14H,12-13H2,1-2H3,(H3,21,23,24);1H. The highest BCUT2D eigenvalue weighted by Crippen LogP contribution is 2.13. The maximum absolute atomic E-state index is 6.00. The molecule has 0 aliphatic heterocycles. The van der Waals surface area contributed by atoms with Crippen molar-refractivity contribution in [3.05, 3.63) is 83.4 Å². The molecular weight excluding hydrogens is 437 g/mol. The van der Waals surface area contributed by atoms with E-state index in [1.807, 2.05) is 17.1 Å². The Bertz CT molecular complexity index is 834. The summed E-state index contributed by atoms with van der Waals surface area (Å²) >= 11 is 0. The van der Waals surface area contributed by atoms with Gasteiger partial charge in [-0.15, -0.1) is 24.0 Å². The summed E-state index contributed by atoms with van der Waals surface area (Å²) < 4.78 is 2.04. The van der Waals surface area contributed by atoms with Crippen LogP contribution in [0.3, 0.4) is 0 Å². The molecule has 0 unspecified atom stereocenters.